The third-order valence-corrected chi connectivity index (χ3v) is 2.94. The molecule has 96 valence electrons. The van der Waals surface area contributed by atoms with Crippen LogP contribution in [-0.4, -0.2) is 18.6 Å². The number of nitrogens with two attached hydrogens (primary N) is 1. The SMILES string of the molecule is COc1ccc(Cc2nc(C(C)CN)co2)cc1. The van der Waals surface area contributed by atoms with E-state index in [0.29, 0.717) is 13.0 Å². The minimum Gasteiger partial charge on any atom is -0.497 e. The van der Waals surface area contributed by atoms with Gasteiger partial charge >= 0.3 is 0 Å². The van der Waals surface area contributed by atoms with Crippen molar-refractivity contribution in [1.82, 2.24) is 4.98 Å². The first-order valence-electron chi connectivity index (χ1n) is 6.00. The van der Waals surface area contributed by atoms with Crippen molar-refractivity contribution in [2.24, 2.45) is 5.73 Å². The van der Waals surface area contributed by atoms with Crippen molar-refractivity contribution in [1.29, 1.82) is 0 Å². The third-order valence-electron chi connectivity index (χ3n) is 2.94. The lowest BCUT2D eigenvalue weighted by atomic mass is 10.1. The quantitative estimate of drug-likeness (QED) is 0.879. The molecule has 18 heavy (non-hydrogen) atoms. The Morgan fingerprint density at radius 2 is 2.06 bits per heavy atom. The first kappa shape index (κ1) is 12.6. The molecule has 0 amide bonds. The number of hydrogen-bond acceptors (Lipinski definition) is 4. The van der Waals surface area contributed by atoms with Gasteiger partial charge in [-0.3, -0.25) is 0 Å². The molecule has 0 spiro atoms. The summed E-state index contributed by atoms with van der Waals surface area (Å²) in [6.45, 7) is 2.61. The molecule has 1 atom stereocenters. The second kappa shape index (κ2) is 5.69. The molecule has 1 heterocycles. The van der Waals surface area contributed by atoms with Gasteiger partial charge in [-0.2, -0.15) is 0 Å². The van der Waals surface area contributed by atoms with Crippen LogP contribution in [-0.2, 0) is 6.42 Å². The maximum atomic E-state index is 5.60. The fraction of sp³-hybridized carbons (Fsp3) is 0.357. The number of benzene rings is 1. The maximum Gasteiger partial charge on any atom is 0.198 e. The minimum atomic E-state index is 0.235. The Morgan fingerprint density at radius 3 is 2.67 bits per heavy atom. The van der Waals surface area contributed by atoms with Gasteiger partial charge in [0.15, 0.2) is 5.89 Å². The van der Waals surface area contributed by atoms with Gasteiger partial charge in [-0.25, -0.2) is 4.98 Å². The highest BCUT2D eigenvalue weighted by atomic mass is 16.5. The lowest BCUT2D eigenvalue weighted by Gasteiger charge is -2.02. The van der Waals surface area contributed by atoms with Crippen LogP contribution in [0.15, 0.2) is 34.9 Å². The summed E-state index contributed by atoms with van der Waals surface area (Å²) in [5, 5.41) is 0. The fourth-order valence-electron chi connectivity index (χ4n) is 1.67. The van der Waals surface area contributed by atoms with Crippen LogP contribution in [0.2, 0.25) is 0 Å². The van der Waals surface area contributed by atoms with Gasteiger partial charge in [0.1, 0.15) is 12.0 Å². The zero-order valence-corrected chi connectivity index (χ0v) is 10.7. The average Bonchev–Trinajstić information content (AvgIpc) is 2.87. The summed E-state index contributed by atoms with van der Waals surface area (Å²) in [7, 11) is 1.66. The highest BCUT2D eigenvalue weighted by Gasteiger charge is 2.10. The molecular weight excluding hydrogens is 228 g/mol. The second-order valence-corrected chi connectivity index (χ2v) is 4.33. The van der Waals surface area contributed by atoms with Crippen LogP contribution < -0.4 is 10.5 Å². The number of aromatic nitrogens is 1. The topological polar surface area (TPSA) is 61.3 Å². The Hall–Kier alpha value is -1.81. The zero-order chi connectivity index (χ0) is 13.0. The Bertz CT molecular complexity index is 491. The molecule has 2 aromatic rings. The van der Waals surface area contributed by atoms with Gasteiger partial charge in [0, 0.05) is 18.9 Å². The van der Waals surface area contributed by atoms with Crippen LogP contribution in [0.5, 0.6) is 5.75 Å². The van der Waals surface area contributed by atoms with Crippen LogP contribution >= 0.6 is 0 Å². The molecule has 0 aliphatic rings. The van der Waals surface area contributed by atoms with E-state index in [1.807, 2.05) is 31.2 Å². The monoisotopic (exact) mass is 246 g/mol. The molecule has 4 heteroatoms. The second-order valence-electron chi connectivity index (χ2n) is 4.33. The summed E-state index contributed by atoms with van der Waals surface area (Å²) in [5.41, 5.74) is 7.66. The number of rotatable bonds is 5. The fourth-order valence-corrected chi connectivity index (χ4v) is 1.67. The van der Waals surface area contributed by atoms with Crippen molar-refractivity contribution >= 4 is 0 Å². The summed E-state index contributed by atoms with van der Waals surface area (Å²) in [5.74, 6) is 1.80. The molecule has 2 rings (SSSR count). The van der Waals surface area contributed by atoms with E-state index in [9.17, 15) is 0 Å². The Balaban J connectivity index is 2.06. The Kier molecular flexibility index (Phi) is 3.99. The predicted octanol–water partition coefficient (Wildman–Crippen LogP) is 2.34. The van der Waals surface area contributed by atoms with Gasteiger partial charge in [-0.1, -0.05) is 19.1 Å². The summed E-state index contributed by atoms with van der Waals surface area (Å²) >= 11 is 0. The molecule has 2 N–H and O–H groups in total. The number of ether oxygens (including phenoxy) is 1. The Morgan fingerprint density at radius 1 is 1.33 bits per heavy atom. The van der Waals surface area contributed by atoms with Gasteiger partial charge in [-0.15, -0.1) is 0 Å². The molecule has 0 bridgehead atoms. The highest BCUT2D eigenvalue weighted by Crippen LogP contribution is 2.17. The number of methoxy groups -OCH3 is 1. The van der Waals surface area contributed by atoms with Crippen molar-refractivity contribution in [3.05, 3.63) is 47.7 Å². The minimum absolute atomic E-state index is 0.235. The van der Waals surface area contributed by atoms with E-state index in [1.54, 1.807) is 13.4 Å². The van der Waals surface area contributed by atoms with Crippen LogP contribution in [0, 0.1) is 0 Å². The van der Waals surface area contributed by atoms with Gasteiger partial charge < -0.3 is 14.9 Å². The van der Waals surface area contributed by atoms with Gasteiger partial charge in [-0.05, 0) is 17.7 Å². The lowest BCUT2D eigenvalue weighted by molar-refractivity contribution is 0.414. The molecule has 0 aliphatic carbocycles. The average molecular weight is 246 g/mol. The summed E-state index contributed by atoms with van der Waals surface area (Å²) in [4.78, 5) is 4.44. The van der Waals surface area contributed by atoms with E-state index < -0.39 is 0 Å². The van der Waals surface area contributed by atoms with Crippen LogP contribution in [0.4, 0.5) is 0 Å². The smallest absolute Gasteiger partial charge is 0.198 e. The molecule has 0 saturated carbocycles. The molecule has 1 aromatic carbocycles. The van der Waals surface area contributed by atoms with Crippen LogP contribution in [0.1, 0.15) is 30.0 Å². The van der Waals surface area contributed by atoms with Crippen molar-refractivity contribution in [3.8, 4) is 5.75 Å². The van der Waals surface area contributed by atoms with Crippen molar-refractivity contribution < 1.29 is 9.15 Å². The van der Waals surface area contributed by atoms with E-state index >= 15 is 0 Å². The number of hydrogen-bond donors (Lipinski definition) is 1. The molecule has 1 unspecified atom stereocenters. The molecule has 0 fully saturated rings. The van der Waals surface area contributed by atoms with Crippen molar-refractivity contribution in [2.75, 3.05) is 13.7 Å². The first-order valence-corrected chi connectivity index (χ1v) is 6.00. The molecule has 0 saturated heterocycles. The zero-order valence-electron chi connectivity index (χ0n) is 10.7. The van der Waals surface area contributed by atoms with Crippen molar-refractivity contribution in [3.63, 3.8) is 0 Å². The van der Waals surface area contributed by atoms with E-state index in [-0.39, 0.29) is 5.92 Å². The van der Waals surface area contributed by atoms with E-state index in [4.69, 9.17) is 14.9 Å². The predicted molar refractivity (Wildman–Crippen MR) is 69.8 cm³/mol. The molecule has 0 radical (unpaired) electrons. The normalized spacial score (nSPS) is 12.4. The summed E-state index contributed by atoms with van der Waals surface area (Å²) in [6.07, 6.45) is 2.37. The van der Waals surface area contributed by atoms with Crippen LogP contribution in [0.25, 0.3) is 0 Å². The van der Waals surface area contributed by atoms with E-state index in [2.05, 4.69) is 4.98 Å². The summed E-state index contributed by atoms with van der Waals surface area (Å²) < 4.78 is 10.6. The van der Waals surface area contributed by atoms with Crippen LogP contribution in [0.3, 0.4) is 0 Å². The molecular formula is C14H18N2O2. The van der Waals surface area contributed by atoms with E-state index in [0.717, 1.165) is 22.9 Å². The standard InChI is InChI=1S/C14H18N2O2/c1-10(8-15)13-9-18-14(16-13)7-11-3-5-12(17-2)6-4-11/h3-6,9-10H,7-8,15H2,1-2H3. The van der Waals surface area contributed by atoms with Gasteiger partial charge in [0.25, 0.3) is 0 Å². The molecule has 0 aliphatic heterocycles. The largest absolute Gasteiger partial charge is 0.497 e. The van der Waals surface area contributed by atoms with E-state index in [1.165, 1.54) is 0 Å². The molecule has 1 aromatic heterocycles. The van der Waals surface area contributed by atoms with Gasteiger partial charge in [0.2, 0.25) is 0 Å². The van der Waals surface area contributed by atoms with Gasteiger partial charge in [0.05, 0.1) is 12.8 Å². The van der Waals surface area contributed by atoms with Crippen molar-refractivity contribution in [2.45, 2.75) is 19.3 Å². The number of nitrogens with zero attached hydrogens (tertiary/aromatic N) is 1. The first-order chi connectivity index (χ1) is 8.72. The number of oxazole rings is 1. The maximum absolute atomic E-state index is 5.60. The summed E-state index contributed by atoms with van der Waals surface area (Å²) in [6, 6.07) is 7.88. The molecule has 4 nitrogen and oxygen atoms in total. The third kappa shape index (κ3) is 2.90. The highest BCUT2D eigenvalue weighted by molar-refractivity contribution is 5.28. The lowest BCUT2D eigenvalue weighted by Crippen LogP contribution is -2.09. The Labute approximate surface area is 107 Å².